The molecule has 0 spiro atoms. The van der Waals surface area contributed by atoms with Gasteiger partial charge in [-0.3, -0.25) is 9.59 Å². The Morgan fingerprint density at radius 3 is 2.27 bits per heavy atom. The summed E-state index contributed by atoms with van der Waals surface area (Å²) in [6.45, 7) is 0.734. The van der Waals surface area contributed by atoms with Crippen LogP contribution in [0.3, 0.4) is 0 Å². The number of anilines is 1. The molecule has 0 aromatic heterocycles. The van der Waals surface area contributed by atoms with Crippen molar-refractivity contribution in [3.8, 4) is 0 Å². The summed E-state index contributed by atoms with van der Waals surface area (Å²) in [7, 11) is -1.79. The van der Waals surface area contributed by atoms with Crippen molar-refractivity contribution < 1.29 is 22.7 Å². The number of methoxy groups -OCH3 is 1. The third-order valence-corrected chi connectivity index (χ3v) is 4.68. The maximum atomic E-state index is 12.4. The molecule has 2 N–H and O–H groups in total. The number of para-hydroxylation sites is 1. The fraction of sp³-hybridized carbons (Fsp3) is 0.222. The maximum absolute atomic E-state index is 12.4. The molecule has 0 aliphatic heterocycles. The van der Waals surface area contributed by atoms with Gasteiger partial charge in [0.05, 0.1) is 22.8 Å². The number of carbonyl (C=O) groups is 2. The van der Waals surface area contributed by atoms with Gasteiger partial charge in [0.2, 0.25) is 0 Å². The quantitative estimate of drug-likeness (QED) is 0.717. The van der Waals surface area contributed by atoms with Gasteiger partial charge in [0, 0.05) is 25.5 Å². The van der Waals surface area contributed by atoms with Gasteiger partial charge in [-0.1, -0.05) is 12.1 Å². The Kier molecular flexibility index (Phi) is 6.48. The van der Waals surface area contributed by atoms with E-state index in [4.69, 9.17) is 4.74 Å². The van der Waals surface area contributed by atoms with Crippen LogP contribution in [-0.4, -0.2) is 46.7 Å². The van der Waals surface area contributed by atoms with Crippen LogP contribution in [0.15, 0.2) is 53.4 Å². The number of ether oxygens (including phenoxy) is 1. The van der Waals surface area contributed by atoms with E-state index in [1.165, 1.54) is 31.4 Å². The van der Waals surface area contributed by atoms with E-state index in [0.717, 1.165) is 6.26 Å². The fourth-order valence-corrected chi connectivity index (χ4v) is 2.83. The summed E-state index contributed by atoms with van der Waals surface area (Å²) >= 11 is 0. The van der Waals surface area contributed by atoms with Gasteiger partial charge in [-0.2, -0.15) is 0 Å². The highest BCUT2D eigenvalue weighted by Gasteiger charge is 2.14. The van der Waals surface area contributed by atoms with Gasteiger partial charge in [-0.05, 0) is 36.4 Å². The highest BCUT2D eigenvalue weighted by Crippen LogP contribution is 2.17. The van der Waals surface area contributed by atoms with E-state index in [1.54, 1.807) is 24.3 Å². The first-order chi connectivity index (χ1) is 12.3. The Bertz CT molecular complexity index is 892. The topological polar surface area (TPSA) is 102 Å². The second-order valence-corrected chi connectivity index (χ2v) is 7.56. The molecule has 7 nitrogen and oxygen atoms in total. The Morgan fingerprint density at radius 2 is 1.65 bits per heavy atom. The molecule has 0 bridgehead atoms. The van der Waals surface area contributed by atoms with Gasteiger partial charge in [0.25, 0.3) is 11.8 Å². The van der Waals surface area contributed by atoms with Crippen molar-refractivity contribution in [1.82, 2.24) is 5.32 Å². The summed E-state index contributed by atoms with van der Waals surface area (Å²) in [4.78, 5) is 24.8. The molecular weight excluding hydrogens is 356 g/mol. The first-order valence-corrected chi connectivity index (χ1v) is 9.69. The van der Waals surface area contributed by atoms with Gasteiger partial charge < -0.3 is 15.4 Å². The highest BCUT2D eigenvalue weighted by molar-refractivity contribution is 7.90. The molecule has 0 fully saturated rings. The smallest absolute Gasteiger partial charge is 0.255 e. The zero-order valence-electron chi connectivity index (χ0n) is 14.5. The lowest BCUT2D eigenvalue weighted by Gasteiger charge is -2.11. The predicted octanol–water partition coefficient (Wildman–Crippen LogP) is 1.72. The van der Waals surface area contributed by atoms with Crippen LogP contribution in [-0.2, 0) is 14.6 Å². The molecule has 0 aliphatic carbocycles. The molecule has 2 amide bonds. The van der Waals surface area contributed by atoms with Crippen LogP contribution < -0.4 is 10.6 Å². The van der Waals surface area contributed by atoms with Crippen LogP contribution in [0.25, 0.3) is 0 Å². The Hall–Kier alpha value is -2.71. The number of rotatable bonds is 7. The molecule has 0 saturated carbocycles. The molecule has 8 heteroatoms. The van der Waals surface area contributed by atoms with Crippen LogP contribution in [0.5, 0.6) is 0 Å². The molecule has 2 aromatic rings. The Labute approximate surface area is 152 Å². The van der Waals surface area contributed by atoms with Gasteiger partial charge >= 0.3 is 0 Å². The maximum Gasteiger partial charge on any atom is 0.255 e. The molecule has 0 heterocycles. The predicted molar refractivity (Wildman–Crippen MR) is 98.2 cm³/mol. The normalized spacial score (nSPS) is 11.0. The van der Waals surface area contributed by atoms with E-state index in [1.807, 2.05) is 0 Å². The SMILES string of the molecule is COCCNC(=O)c1ccccc1NC(=O)c1ccc(S(C)(=O)=O)cc1. The Balaban J connectivity index is 2.15. The minimum atomic E-state index is -3.33. The van der Waals surface area contributed by atoms with Crippen molar-refractivity contribution >= 4 is 27.3 Å². The summed E-state index contributed by atoms with van der Waals surface area (Å²) in [6.07, 6.45) is 1.10. The van der Waals surface area contributed by atoms with Crippen molar-refractivity contribution in [1.29, 1.82) is 0 Å². The second-order valence-electron chi connectivity index (χ2n) is 5.54. The van der Waals surface area contributed by atoms with Crippen LogP contribution in [0.1, 0.15) is 20.7 Å². The Morgan fingerprint density at radius 1 is 1.00 bits per heavy atom. The lowest BCUT2D eigenvalue weighted by molar-refractivity contribution is 0.0938. The van der Waals surface area contributed by atoms with Crippen molar-refractivity contribution in [3.05, 3.63) is 59.7 Å². The minimum absolute atomic E-state index is 0.131. The monoisotopic (exact) mass is 376 g/mol. The number of carbonyl (C=O) groups excluding carboxylic acids is 2. The largest absolute Gasteiger partial charge is 0.383 e. The summed E-state index contributed by atoms with van der Waals surface area (Å²) in [5.74, 6) is -0.771. The molecule has 0 atom stereocenters. The lowest BCUT2D eigenvalue weighted by atomic mass is 10.1. The average Bonchev–Trinajstić information content (AvgIpc) is 2.61. The summed E-state index contributed by atoms with van der Waals surface area (Å²) in [6, 6.07) is 12.2. The van der Waals surface area contributed by atoms with Crippen molar-refractivity contribution in [2.45, 2.75) is 4.90 Å². The number of amides is 2. The first-order valence-electron chi connectivity index (χ1n) is 7.80. The van der Waals surface area contributed by atoms with Gasteiger partial charge in [-0.25, -0.2) is 8.42 Å². The zero-order valence-corrected chi connectivity index (χ0v) is 15.3. The summed E-state index contributed by atoms with van der Waals surface area (Å²) < 4.78 is 27.8. The standard InChI is InChI=1S/C18H20N2O5S/c1-25-12-11-19-18(22)15-5-3-4-6-16(15)20-17(21)13-7-9-14(10-8-13)26(2,23)24/h3-10H,11-12H2,1-2H3,(H,19,22)(H,20,21). The summed E-state index contributed by atoms with van der Waals surface area (Å²) in [5.41, 5.74) is 0.969. The first kappa shape index (κ1) is 19.6. The van der Waals surface area contributed by atoms with Crippen LogP contribution in [0, 0.1) is 0 Å². The van der Waals surface area contributed by atoms with E-state index in [2.05, 4.69) is 10.6 Å². The third kappa shape index (κ3) is 5.14. The molecule has 2 aromatic carbocycles. The lowest BCUT2D eigenvalue weighted by Crippen LogP contribution is -2.28. The zero-order chi connectivity index (χ0) is 19.2. The molecule has 0 aliphatic rings. The van der Waals surface area contributed by atoms with E-state index in [9.17, 15) is 18.0 Å². The van der Waals surface area contributed by atoms with Gasteiger partial charge in [0.15, 0.2) is 9.84 Å². The van der Waals surface area contributed by atoms with Crippen LogP contribution >= 0.6 is 0 Å². The molecule has 0 saturated heterocycles. The van der Waals surface area contributed by atoms with Crippen molar-refractivity contribution in [2.24, 2.45) is 0 Å². The number of hydrogen-bond acceptors (Lipinski definition) is 5. The van der Waals surface area contributed by atoms with Gasteiger partial charge in [0.1, 0.15) is 0 Å². The number of benzene rings is 2. The summed E-state index contributed by atoms with van der Waals surface area (Å²) in [5, 5.41) is 5.37. The minimum Gasteiger partial charge on any atom is -0.383 e. The van der Waals surface area contributed by atoms with Crippen molar-refractivity contribution in [2.75, 3.05) is 31.8 Å². The number of sulfone groups is 1. The van der Waals surface area contributed by atoms with Crippen molar-refractivity contribution in [3.63, 3.8) is 0 Å². The number of hydrogen-bond donors (Lipinski definition) is 2. The highest BCUT2D eigenvalue weighted by atomic mass is 32.2. The van der Waals surface area contributed by atoms with E-state index in [-0.39, 0.29) is 16.4 Å². The average molecular weight is 376 g/mol. The number of nitrogens with one attached hydrogen (secondary N) is 2. The van der Waals surface area contributed by atoms with Crippen LogP contribution in [0.4, 0.5) is 5.69 Å². The molecular formula is C18H20N2O5S. The van der Waals surface area contributed by atoms with E-state index in [0.29, 0.717) is 24.4 Å². The second kappa shape index (κ2) is 8.59. The van der Waals surface area contributed by atoms with E-state index >= 15 is 0 Å². The van der Waals surface area contributed by atoms with E-state index < -0.39 is 15.7 Å². The molecule has 26 heavy (non-hydrogen) atoms. The molecule has 0 radical (unpaired) electrons. The molecule has 2 rings (SSSR count). The fourth-order valence-electron chi connectivity index (χ4n) is 2.20. The third-order valence-electron chi connectivity index (χ3n) is 3.56. The van der Waals surface area contributed by atoms with Gasteiger partial charge in [-0.15, -0.1) is 0 Å². The molecule has 138 valence electrons. The van der Waals surface area contributed by atoms with Crippen LogP contribution in [0.2, 0.25) is 0 Å². The molecule has 0 unspecified atom stereocenters.